The van der Waals surface area contributed by atoms with Gasteiger partial charge in [0, 0.05) is 44.8 Å². The number of halogens is 1. The first-order valence-electron chi connectivity index (χ1n) is 13.3. The highest BCUT2D eigenvalue weighted by Crippen LogP contribution is 2.36. The molecular weight excluding hydrogens is 503 g/mol. The normalized spacial score (nSPS) is 17.8. The molecule has 12 heteroatoms. The van der Waals surface area contributed by atoms with Crippen molar-refractivity contribution in [2.24, 2.45) is 4.99 Å². The van der Waals surface area contributed by atoms with Crippen molar-refractivity contribution in [2.75, 3.05) is 43.0 Å². The molecule has 3 aliphatic rings. The molecule has 1 aromatic carbocycles. The van der Waals surface area contributed by atoms with Crippen LogP contribution in [0.4, 0.5) is 21.6 Å². The second-order valence-corrected chi connectivity index (χ2v) is 10.4. The number of nitrogens with one attached hydrogen (secondary N) is 2. The lowest BCUT2D eigenvalue weighted by Crippen LogP contribution is -2.46. The zero-order chi connectivity index (χ0) is 27.3. The van der Waals surface area contributed by atoms with Gasteiger partial charge in [0.05, 0.1) is 40.9 Å². The highest BCUT2D eigenvalue weighted by Gasteiger charge is 2.43. The number of piperazine rings is 1. The number of carbonyl (C=O) groups is 1. The van der Waals surface area contributed by atoms with Gasteiger partial charge in [-0.1, -0.05) is 0 Å². The van der Waals surface area contributed by atoms with Gasteiger partial charge in [-0.25, -0.2) is 19.2 Å². The molecular formula is C27H31FN8O3. The van der Waals surface area contributed by atoms with Crippen molar-refractivity contribution < 1.29 is 14.3 Å². The van der Waals surface area contributed by atoms with Crippen LogP contribution in [-0.4, -0.2) is 75.1 Å². The molecule has 0 radical (unpaired) electrons. The molecule has 11 nitrogen and oxygen atoms in total. The lowest BCUT2D eigenvalue weighted by atomic mass is 10.1. The fourth-order valence-corrected chi connectivity index (χ4v) is 5.40. The molecule has 4 heterocycles. The highest BCUT2D eigenvalue weighted by molar-refractivity contribution is 6.06. The van der Waals surface area contributed by atoms with Crippen molar-refractivity contribution in [3.63, 3.8) is 0 Å². The number of anilines is 2. The number of aryl methyl sites for hydroxylation is 1. The van der Waals surface area contributed by atoms with E-state index in [1.54, 1.807) is 12.1 Å². The van der Waals surface area contributed by atoms with Gasteiger partial charge in [-0.15, -0.1) is 0 Å². The Bertz CT molecular complexity index is 1560. The smallest absolute Gasteiger partial charge is 0.349 e. The number of hydrogen-bond acceptors (Lipinski definition) is 9. The summed E-state index contributed by atoms with van der Waals surface area (Å²) in [5, 5.41) is 16.0. The summed E-state index contributed by atoms with van der Waals surface area (Å²) >= 11 is 0. The van der Waals surface area contributed by atoms with E-state index < -0.39 is 17.0 Å². The van der Waals surface area contributed by atoms with E-state index in [2.05, 4.69) is 35.4 Å². The third-order valence-electron chi connectivity index (χ3n) is 7.89. The summed E-state index contributed by atoms with van der Waals surface area (Å²) in [4.78, 5) is 42.3. The van der Waals surface area contributed by atoms with E-state index in [4.69, 9.17) is 0 Å². The number of aliphatic hydroxyl groups is 1. The SMILES string of the molecule is CCn1c2c3c(cc(CN4CCN(c5ccc(C(=O)NC6(CO)CC6)nc5C)CC4)c(F)c3nc1=O)NC=N2. The molecule has 1 amide bonds. The molecule has 0 bridgehead atoms. The fraction of sp³-hybridized carbons (Fsp3) is 0.444. The Balaban J connectivity index is 1.15. The minimum absolute atomic E-state index is 0.0487. The van der Waals surface area contributed by atoms with Gasteiger partial charge in [0.2, 0.25) is 0 Å². The number of amides is 1. The van der Waals surface area contributed by atoms with Crippen LogP contribution in [0.1, 0.15) is 41.5 Å². The Kier molecular flexibility index (Phi) is 6.31. The number of hydrogen-bond donors (Lipinski definition) is 3. The van der Waals surface area contributed by atoms with Crippen LogP contribution in [0.3, 0.4) is 0 Å². The van der Waals surface area contributed by atoms with E-state index in [1.807, 2.05) is 19.9 Å². The first-order valence-corrected chi connectivity index (χ1v) is 13.3. The zero-order valence-electron chi connectivity index (χ0n) is 22.0. The Hall–Kier alpha value is -3.90. The Morgan fingerprint density at radius 3 is 2.64 bits per heavy atom. The van der Waals surface area contributed by atoms with Gasteiger partial charge in [0.15, 0.2) is 5.82 Å². The minimum atomic E-state index is -0.511. The summed E-state index contributed by atoms with van der Waals surface area (Å²) in [6.45, 7) is 7.29. The Labute approximate surface area is 224 Å². The van der Waals surface area contributed by atoms with Crippen LogP contribution in [0.5, 0.6) is 0 Å². The second kappa shape index (κ2) is 9.69. The van der Waals surface area contributed by atoms with Gasteiger partial charge < -0.3 is 20.6 Å². The highest BCUT2D eigenvalue weighted by atomic mass is 19.1. The van der Waals surface area contributed by atoms with Gasteiger partial charge in [0.1, 0.15) is 17.0 Å². The van der Waals surface area contributed by atoms with Gasteiger partial charge in [-0.3, -0.25) is 14.3 Å². The number of nitrogens with zero attached hydrogens (tertiary/aromatic N) is 6. The molecule has 1 saturated heterocycles. The molecule has 6 rings (SSSR count). The number of carbonyl (C=O) groups excluding carboxylic acids is 1. The van der Waals surface area contributed by atoms with Crippen LogP contribution < -0.4 is 21.2 Å². The molecule has 1 saturated carbocycles. The van der Waals surface area contributed by atoms with Crippen LogP contribution in [0.25, 0.3) is 10.9 Å². The largest absolute Gasteiger partial charge is 0.394 e. The summed E-state index contributed by atoms with van der Waals surface area (Å²) in [5.41, 5.74) is 2.28. The van der Waals surface area contributed by atoms with Crippen LogP contribution in [0, 0.1) is 12.7 Å². The molecule has 1 aliphatic carbocycles. The lowest BCUT2D eigenvalue weighted by molar-refractivity contribution is 0.0901. The van der Waals surface area contributed by atoms with Crippen molar-refractivity contribution in [2.45, 2.75) is 45.3 Å². The molecule has 3 N–H and O–H groups in total. The maximum atomic E-state index is 15.6. The third kappa shape index (κ3) is 4.53. The van der Waals surface area contributed by atoms with E-state index in [0.29, 0.717) is 54.3 Å². The molecule has 3 aromatic rings. The molecule has 2 fully saturated rings. The summed E-state index contributed by atoms with van der Waals surface area (Å²) in [7, 11) is 0. The van der Waals surface area contributed by atoms with Crippen molar-refractivity contribution >= 4 is 40.3 Å². The first-order chi connectivity index (χ1) is 18.8. The molecule has 204 valence electrons. The number of rotatable bonds is 7. The predicted octanol–water partition coefficient (Wildman–Crippen LogP) is 1.92. The summed E-state index contributed by atoms with van der Waals surface area (Å²) < 4.78 is 17.0. The minimum Gasteiger partial charge on any atom is -0.394 e. The number of benzene rings is 1. The maximum Gasteiger partial charge on any atom is 0.349 e. The van der Waals surface area contributed by atoms with Crippen LogP contribution in [-0.2, 0) is 13.1 Å². The average molecular weight is 535 g/mol. The predicted molar refractivity (Wildman–Crippen MR) is 146 cm³/mol. The third-order valence-corrected chi connectivity index (χ3v) is 7.89. The molecule has 2 aromatic heterocycles. The molecule has 39 heavy (non-hydrogen) atoms. The Morgan fingerprint density at radius 2 is 1.97 bits per heavy atom. The van der Waals surface area contributed by atoms with E-state index >= 15 is 4.39 Å². The van der Waals surface area contributed by atoms with Gasteiger partial charge in [0.25, 0.3) is 5.91 Å². The standard InChI is InChI=1S/C27H31FN8O3/c1-3-36-24-21-19(29-15-30-24)12-17(22(28)23(21)32-26(36)39)13-34-8-10-35(11-9-34)20-5-4-18(31-16(20)2)25(38)33-27(14-37)6-7-27/h4-5,12,15,37H,3,6-11,13-14H2,1-2H3,(H,29,30)(H,33,38). The van der Waals surface area contributed by atoms with Crippen LogP contribution in [0.2, 0.25) is 0 Å². The van der Waals surface area contributed by atoms with Crippen LogP contribution in [0.15, 0.2) is 28.0 Å². The number of pyridine rings is 1. The first kappa shape index (κ1) is 25.4. The van der Waals surface area contributed by atoms with Gasteiger partial charge in [-0.05, 0) is 44.9 Å². The van der Waals surface area contributed by atoms with E-state index in [0.717, 1.165) is 37.3 Å². The number of aliphatic imine (C=N–C) groups is 1. The van der Waals surface area contributed by atoms with E-state index in [9.17, 15) is 14.7 Å². The van der Waals surface area contributed by atoms with E-state index in [1.165, 1.54) is 10.9 Å². The topological polar surface area (TPSA) is 128 Å². The van der Waals surface area contributed by atoms with Gasteiger partial charge in [-0.2, -0.15) is 4.98 Å². The Morgan fingerprint density at radius 1 is 1.21 bits per heavy atom. The average Bonchev–Trinajstić information content (AvgIpc) is 3.71. The fourth-order valence-electron chi connectivity index (χ4n) is 5.40. The van der Waals surface area contributed by atoms with Crippen molar-refractivity contribution in [1.82, 2.24) is 24.8 Å². The lowest BCUT2D eigenvalue weighted by Gasteiger charge is -2.36. The summed E-state index contributed by atoms with van der Waals surface area (Å²) in [6, 6.07) is 5.42. The maximum absolute atomic E-state index is 15.6. The van der Waals surface area contributed by atoms with Crippen molar-refractivity contribution in [3.05, 3.63) is 51.5 Å². The molecule has 2 aliphatic heterocycles. The number of aliphatic hydroxyl groups excluding tert-OH is 1. The monoisotopic (exact) mass is 534 g/mol. The molecule has 0 unspecified atom stereocenters. The number of aromatic nitrogens is 3. The van der Waals surface area contributed by atoms with Crippen molar-refractivity contribution in [3.8, 4) is 0 Å². The quantitative estimate of drug-likeness (QED) is 0.420. The van der Waals surface area contributed by atoms with Crippen molar-refractivity contribution in [1.29, 1.82) is 0 Å². The molecule has 0 spiro atoms. The summed E-state index contributed by atoms with van der Waals surface area (Å²) in [6.07, 6.45) is 3.08. The summed E-state index contributed by atoms with van der Waals surface area (Å²) in [5.74, 6) is -0.332. The second-order valence-electron chi connectivity index (χ2n) is 10.4. The van der Waals surface area contributed by atoms with Gasteiger partial charge >= 0.3 is 5.69 Å². The molecule has 0 atom stereocenters. The zero-order valence-corrected chi connectivity index (χ0v) is 22.0. The van der Waals surface area contributed by atoms with Crippen LogP contribution >= 0.6 is 0 Å². The van der Waals surface area contributed by atoms with E-state index in [-0.39, 0.29) is 18.0 Å².